The van der Waals surface area contributed by atoms with E-state index in [-0.39, 0.29) is 12.9 Å². The molecular formula is C29H37ClN6O5. The highest BCUT2D eigenvalue weighted by Gasteiger charge is 2.30. The maximum atomic E-state index is 11.5. The van der Waals surface area contributed by atoms with Crippen LogP contribution in [0, 0.1) is 0 Å². The lowest BCUT2D eigenvalue weighted by Gasteiger charge is -2.37. The summed E-state index contributed by atoms with van der Waals surface area (Å²) in [5.41, 5.74) is 2.97. The maximum absolute atomic E-state index is 11.5. The summed E-state index contributed by atoms with van der Waals surface area (Å²) < 4.78 is 17.2. The van der Waals surface area contributed by atoms with E-state index in [9.17, 15) is 9.90 Å². The minimum Gasteiger partial charge on any atom is -0.466 e. The SMILES string of the molecule is COCOc1cc(N2CCc3c(nc(O[C@@H](C)CN(C)C)nc3N3CCN(C(=O)O)CC3)C2)c2ccccc2c1Cl. The summed E-state index contributed by atoms with van der Waals surface area (Å²) in [5, 5.41) is 11.9. The second-order valence-electron chi connectivity index (χ2n) is 10.7. The molecule has 1 atom stereocenters. The second-order valence-corrected chi connectivity index (χ2v) is 11.1. The Labute approximate surface area is 245 Å². The van der Waals surface area contributed by atoms with Gasteiger partial charge in [-0.3, -0.25) is 0 Å². The summed E-state index contributed by atoms with van der Waals surface area (Å²) in [4.78, 5) is 29.2. The molecule has 1 amide bonds. The molecule has 41 heavy (non-hydrogen) atoms. The normalized spacial score (nSPS) is 16.2. The van der Waals surface area contributed by atoms with Crippen LogP contribution in [0.4, 0.5) is 16.3 Å². The largest absolute Gasteiger partial charge is 0.466 e. The van der Waals surface area contributed by atoms with Crippen molar-refractivity contribution >= 4 is 40.0 Å². The van der Waals surface area contributed by atoms with Gasteiger partial charge in [-0.2, -0.15) is 9.97 Å². The van der Waals surface area contributed by atoms with Crippen molar-refractivity contribution in [2.24, 2.45) is 0 Å². The Bertz CT molecular complexity index is 1400. The number of likely N-dealkylation sites (N-methyl/N-ethyl adjacent to an activating group) is 1. The quantitative estimate of drug-likeness (QED) is 0.372. The first kappa shape index (κ1) is 29.0. The molecule has 11 nitrogen and oxygen atoms in total. The molecule has 0 bridgehead atoms. The van der Waals surface area contributed by atoms with Crippen LogP contribution in [0.25, 0.3) is 10.8 Å². The highest BCUT2D eigenvalue weighted by atomic mass is 35.5. The van der Waals surface area contributed by atoms with Crippen LogP contribution in [-0.2, 0) is 17.7 Å². The van der Waals surface area contributed by atoms with Gasteiger partial charge >= 0.3 is 12.1 Å². The van der Waals surface area contributed by atoms with Gasteiger partial charge in [0, 0.05) is 74.5 Å². The minimum atomic E-state index is -0.893. The average molecular weight is 585 g/mol. The van der Waals surface area contributed by atoms with Crippen LogP contribution < -0.4 is 19.3 Å². The van der Waals surface area contributed by atoms with Crippen molar-refractivity contribution in [2.75, 3.05) is 77.1 Å². The van der Waals surface area contributed by atoms with Crippen molar-refractivity contribution in [2.45, 2.75) is 26.0 Å². The Balaban J connectivity index is 1.51. The molecule has 12 heteroatoms. The second kappa shape index (κ2) is 12.5. The Morgan fingerprint density at radius 1 is 1.10 bits per heavy atom. The number of ether oxygens (including phenoxy) is 3. The number of hydrogen-bond donors (Lipinski definition) is 1. The van der Waals surface area contributed by atoms with Crippen molar-refractivity contribution < 1.29 is 24.1 Å². The topological polar surface area (TPSA) is 104 Å². The van der Waals surface area contributed by atoms with Crippen LogP contribution in [0.3, 0.4) is 0 Å². The molecular weight excluding hydrogens is 548 g/mol. The molecule has 2 aromatic carbocycles. The number of benzene rings is 2. The van der Waals surface area contributed by atoms with Gasteiger partial charge in [-0.15, -0.1) is 0 Å². The number of carbonyl (C=O) groups is 1. The van der Waals surface area contributed by atoms with Gasteiger partial charge in [-0.25, -0.2) is 4.79 Å². The fourth-order valence-corrected chi connectivity index (χ4v) is 5.81. The Morgan fingerprint density at radius 2 is 1.83 bits per heavy atom. The lowest BCUT2D eigenvalue weighted by Crippen LogP contribution is -2.49. The Morgan fingerprint density at radius 3 is 2.51 bits per heavy atom. The summed E-state index contributed by atoms with van der Waals surface area (Å²) in [7, 11) is 5.58. The number of methoxy groups -OCH3 is 1. The molecule has 1 saturated heterocycles. The number of hydrogen-bond acceptors (Lipinski definition) is 9. The van der Waals surface area contributed by atoms with Crippen molar-refractivity contribution in [3.05, 3.63) is 46.6 Å². The van der Waals surface area contributed by atoms with Crippen LogP contribution in [0.15, 0.2) is 30.3 Å². The van der Waals surface area contributed by atoms with Crippen LogP contribution in [0.1, 0.15) is 18.2 Å². The number of aromatic nitrogens is 2. The van der Waals surface area contributed by atoms with E-state index < -0.39 is 6.09 Å². The van der Waals surface area contributed by atoms with Crippen LogP contribution in [0.5, 0.6) is 11.8 Å². The molecule has 2 aliphatic rings. The molecule has 0 saturated carbocycles. The fourth-order valence-electron chi connectivity index (χ4n) is 5.53. The molecule has 5 rings (SSSR count). The van der Waals surface area contributed by atoms with Crippen molar-refractivity contribution in [3.63, 3.8) is 0 Å². The van der Waals surface area contributed by atoms with Crippen molar-refractivity contribution in [1.29, 1.82) is 0 Å². The average Bonchev–Trinajstić information content (AvgIpc) is 2.96. The molecule has 3 heterocycles. The first-order chi connectivity index (χ1) is 19.7. The van der Waals surface area contributed by atoms with Gasteiger partial charge in [-0.05, 0) is 27.4 Å². The fraction of sp³-hybridized carbons (Fsp3) is 0.483. The molecule has 3 aromatic rings. The van der Waals surface area contributed by atoms with Gasteiger partial charge in [0.15, 0.2) is 6.79 Å². The van der Waals surface area contributed by atoms with Gasteiger partial charge in [0.1, 0.15) is 17.7 Å². The molecule has 1 N–H and O–H groups in total. The van der Waals surface area contributed by atoms with Crippen molar-refractivity contribution in [3.8, 4) is 11.8 Å². The van der Waals surface area contributed by atoms with Crippen LogP contribution in [-0.4, -0.2) is 104 Å². The molecule has 0 spiro atoms. The van der Waals surface area contributed by atoms with Crippen molar-refractivity contribution in [1.82, 2.24) is 19.8 Å². The maximum Gasteiger partial charge on any atom is 0.407 e. The van der Waals surface area contributed by atoms with Gasteiger partial charge in [0.05, 0.1) is 17.3 Å². The van der Waals surface area contributed by atoms with Gasteiger partial charge in [0.25, 0.3) is 0 Å². The van der Waals surface area contributed by atoms with E-state index in [0.29, 0.717) is 49.5 Å². The third-order valence-electron chi connectivity index (χ3n) is 7.40. The van der Waals surface area contributed by atoms with Crippen LogP contribution in [0.2, 0.25) is 5.02 Å². The Kier molecular flexibility index (Phi) is 8.86. The van der Waals surface area contributed by atoms with E-state index in [1.807, 2.05) is 45.3 Å². The number of fused-ring (bicyclic) bond motifs is 2. The number of rotatable bonds is 9. The highest BCUT2D eigenvalue weighted by Crippen LogP contribution is 2.41. The van der Waals surface area contributed by atoms with Gasteiger partial charge in [0.2, 0.25) is 0 Å². The van der Waals surface area contributed by atoms with Crippen LogP contribution >= 0.6 is 11.6 Å². The van der Waals surface area contributed by atoms with E-state index in [1.165, 1.54) is 4.90 Å². The third-order valence-corrected chi connectivity index (χ3v) is 7.79. The molecule has 2 aliphatic heterocycles. The minimum absolute atomic E-state index is 0.0951. The lowest BCUT2D eigenvalue weighted by atomic mass is 10.0. The number of piperazine rings is 1. The summed E-state index contributed by atoms with van der Waals surface area (Å²) >= 11 is 6.73. The predicted molar refractivity (Wildman–Crippen MR) is 159 cm³/mol. The molecule has 0 radical (unpaired) electrons. The smallest absolute Gasteiger partial charge is 0.407 e. The van der Waals surface area contributed by atoms with E-state index in [2.05, 4.69) is 20.8 Å². The molecule has 0 aliphatic carbocycles. The standard InChI is InChI=1S/C29H37ClN6O5/c1-19(16-33(2)3)41-28-31-23-17-36(10-9-22(23)27(32-28)34-11-13-35(14-12-34)29(37)38)24-15-25(40-18-39-4)26(30)21-8-6-5-7-20(21)24/h5-8,15,19H,9-14,16-18H2,1-4H3,(H,37,38)/t19-/m0/s1. The van der Waals surface area contributed by atoms with E-state index >= 15 is 0 Å². The number of anilines is 2. The molecule has 0 unspecified atom stereocenters. The first-order valence-electron chi connectivity index (χ1n) is 13.8. The van der Waals surface area contributed by atoms with Gasteiger partial charge < -0.3 is 38.9 Å². The Hall–Kier alpha value is -3.54. The summed E-state index contributed by atoms with van der Waals surface area (Å²) in [5.74, 6) is 1.39. The molecule has 1 fully saturated rings. The highest BCUT2D eigenvalue weighted by molar-refractivity contribution is 6.37. The zero-order valence-electron chi connectivity index (χ0n) is 24.0. The lowest BCUT2D eigenvalue weighted by molar-refractivity contribution is 0.0513. The number of nitrogens with zero attached hydrogens (tertiary/aromatic N) is 6. The summed E-state index contributed by atoms with van der Waals surface area (Å²) in [6.45, 7) is 6.09. The third kappa shape index (κ3) is 6.37. The number of amides is 1. The number of halogens is 1. The van der Waals surface area contributed by atoms with E-state index in [0.717, 1.165) is 53.0 Å². The molecule has 1 aromatic heterocycles. The summed E-state index contributed by atoms with van der Waals surface area (Å²) in [6, 6.07) is 10.3. The predicted octanol–water partition coefficient (Wildman–Crippen LogP) is 3.96. The monoisotopic (exact) mass is 584 g/mol. The van der Waals surface area contributed by atoms with E-state index in [4.69, 9.17) is 35.8 Å². The zero-order valence-corrected chi connectivity index (χ0v) is 24.7. The number of carboxylic acid groups (broad SMARTS) is 1. The van der Waals surface area contributed by atoms with Gasteiger partial charge in [-0.1, -0.05) is 35.9 Å². The first-order valence-corrected chi connectivity index (χ1v) is 14.1. The summed E-state index contributed by atoms with van der Waals surface area (Å²) in [6.07, 6.45) is -0.279. The van der Waals surface area contributed by atoms with E-state index in [1.54, 1.807) is 7.11 Å². The molecule has 220 valence electrons. The zero-order chi connectivity index (χ0) is 29.1.